The molecule has 0 saturated carbocycles. The third-order valence-corrected chi connectivity index (χ3v) is 5.48. The van der Waals surface area contributed by atoms with E-state index in [0.717, 1.165) is 23.3 Å². The van der Waals surface area contributed by atoms with Crippen LogP contribution in [-0.4, -0.2) is 15.0 Å². The molecule has 0 bridgehead atoms. The van der Waals surface area contributed by atoms with Crippen LogP contribution in [0.2, 0.25) is 0 Å². The molecule has 0 aliphatic heterocycles. The monoisotopic (exact) mass is 351 g/mol. The summed E-state index contributed by atoms with van der Waals surface area (Å²) in [5.74, 6) is 0. The van der Waals surface area contributed by atoms with Crippen molar-refractivity contribution in [3.05, 3.63) is 71.4 Å². The number of aromatic nitrogens is 1. The number of aryl methyl sites for hydroxylation is 3. The van der Waals surface area contributed by atoms with Crippen LogP contribution in [0, 0.1) is 13.8 Å². The molecule has 25 heavy (non-hydrogen) atoms. The van der Waals surface area contributed by atoms with Crippen LogP contribution in [0.5, 0.6) is 0 Å². The predicted molar refractivity (Wildman–Crippen MR) is 107 cm³/mol. The Morgan fingerprint density at radius 1 is 0.960 bits per heavy atom. The van der Waals surface area contributed by atoms with E-state index in [1.165, 1.54) is 28.2 Å². The van der Waals surface area contributed by atoms with E-state index in [-0.39, 0.29) is 0 Å². The molecule has 1 unspecified atom stereocenters. The highest BCUT2D eigenvalue weighted by atomic mass is 32.2. The second kappa shape index (κ2) is 7.40. The Kier molecular flexibility index (Phi) is 5.24. The molecule has 0 aliphatic rings. The molecule has 0 amide bonds. The Morgan fingerprint density at radius 3 is 2.28 bits per heavy atom. The van der Waals surface area contributed by atoms with Crippen molar-refractivity contribution in [2.24, 2.45) is 0 Å². The third kappa shape index (κ3) is 3.62. The topological polar surface area (TPSA) is 22.0 Å². The summed E-state index contributed by atoms with van der Waals surface area (Å²) in [6.07, 6.45) is 3.87. The zero-order valence-electron chi connectivity index (χ0n) is 15.4. The standard InChI is InChI=1S/C22H25NOS/c1-5-6-19-10-14-22(18-8-11-20(12-9-18)25(4)24)23(19)21-13-7-16(2)15-17(21)3/h7-15H,5-6H2,1-4H3. The molecule has 0 N–H and O–H groups in total. The molecule has 3 aromatic rings. The molecule has 3 heteroatoms. The minimum Gasteiger partial charge on any atom is -0.313 e. The summed E-state index contributed by atoms with van der Waals surface area (Å²) in [6, 6.07) is 19.1. The Bertz CT molecular complexity index is 906. The highest BCUT2D eigenvalue weighted by Gasteiger charge is 2.13. The molecular formula is C22H25NOS. The van der Waals surface area contributed by atoms with E-state index >= 15 is 0 Å². The van der Waals surface area contributed by atoms with Crippen molar-refractivity contribution in [1.82, 2.24) is 4.57 Å². The predicted octanol–water partition coefficient (Wildman–Crippen LogP) is 5.45. The van der Waals surface area contributed by atoms with Gasteiger partial charge in [-0.2, -0.15) is 0 Å². The number of benzene rings is 2. The summed E-state index contributed by atoms with van der Waals surface area (Å²) in [6.45, 7) is 6.51. The van der Waals surface area contributed by atoms with Gasteiger partial charge in [-0.3, -0.25) is 4.21 Å². The normalized spacial score (nSPS) is 12.3. The first kappa shape index (κ1) is 17.7. The maximum Gasteiger partial charge on any atom is 0.0531 e. The summed E-state index contributed by atoms with van der Waals surface area (Å²) >= 11 is 0. The van der Waals surface area contributed by atoms with Gasteiger partial charge in [0, 0.05) is 33.3 Å². The van der Waals surface area contributed by atoms with Crippen LogP contribution in [0.1, 0.15) is 30.2 Å². The maximum absolute atomic E-state index is 11.7. The van der Waals surface area contributed by atoms with Crippen molar-refractivity contribution in [1.29, 1.82) is 0 Å². The SMILES string of the molecule is CCCc1ccc(-c2ccc(S(C)=O)cc2)n1-c1ccc(C)cc1C. The molecule has 0 spiro atoms. The first-order chi connectivity index (χ1) is 12.0. The average molecular weight is 352 g/mol. The van der Waals surface area contributed by atoms with Gasteiger partial charge in [-0.25, -0.2) is 0 Å². The first-order valence-electron chi connectivity index (χ1n) is 8.73. The van der Waals surface area contributed by atoms with Gasteiger partial charge in [0.25, 0.3) is 0 Å². The highest BCUT2D eigenvalue weighted by molar-refractivity contribution is 7.84. The minimum atomic E-state index is -0.946. The molecule has 0 radical (unpaired) electrons. The van der Waals surface area contributed by atoms with Crippen molar-refractivity contribution >= 4 is 10.8 Å². The summed E-state index contributed by atoms with van der Waals surface area (Å²) in [5.41, 5.74) is 7.45. The Morgan fingerprint density at radius 2 is 1.68 bits per heavy atom. The van der Waals surface area contributed by atoms with Crippen molar-refractivity contribution < 1.29 is 4.21 Å². The van der Waals surface area contributed by atoms with Gasteiger partial charge < -0.3 is 4.57 Å². The summed E-state index contributed by atoms with van der Waals surface area (Å²) in [5, 5.41) is 0. The Hall–Kier alpha value is -2.13. The van der Waals surface area contributed by atoms with Crippen LogP contribution in [0.25, 0.3) is 16.9 Å². The van der Waals surface area contributed by atoms with Crippen LogP contribution in [0.15, 0.2) is 59.5 Å². The van der Waals surface area contributed by atoms with E-state index in [0.29, 0.717) is 0 Å². The summed E-state index contributed by atoms with van der Waals surface area (Å²) < 4.78 is 14.0. The summed E-state index contributed by atoms with van der Waals surface area (Å²) in [4.78, 5) is 0.863. The zero-order valence-corrected chi connectivity index (χ0v) is 16.2. The lowest BCUT2D eigenvalue weighted by molar-refractivity contribution is 0.687. The van der Waals surface area contributed by atoms with Gasteiger partial charge in [-0.1, -0.05) is 43.2 Å². The lowest BCUT2D eigenvalue weighted by Crippen LogP contribution is -2.04. The molecule has 3 rings (SSSR count). The van der Waals surface area contributed by atoms with Crippen LogP contribution >= 0.6 is 0 Å². The number of hydrogen-bond donors (Lipinski definition) is 0. The molecule has 2 aromatic carbocycles. The van der Waals surface area contributed by atoms with Crippen LogP contribution in [-0.2, 0) is 17.2 Å². The fourth-order valence-corrected chi connectivity index (χ4v) is 3.83. The van der Waals surface area contributed by atoms with Crippen LogP contribution in [0.4, 0.5) is 0 Å². The Labute approximate surface area is 153 Å². The number of hydrogen-bond acceptors (Lipinski definition) is 1. The number of nitrogens with zero attached hydrogens (tertiary/aromatic N) is 1. The molecule has 0 aliphatic carbocycles. The fraction of sp³-hybridized carbons (Fsp3) is 0.273. The average Bonchev–Trinajstić information content (AvgIpc) is 2.99. The Balaban J connectivity index is 2.16. The van der Waals surface area contributed by atoms with Crippen molar-refractivity contribution in [3.63, 3.8) is 0 Å². The minimum absolute atomic E-state index is 0.863. The summed E-state index contributed by atoms with van der Waals surface area (Å²) in [7, 11) is -0.946. The maximum atomic E-state index is 11.7. The lowest BCUT2D eigenvalue weighted by atomic mass is 10.1. The molecular weight excluding hydrogens is 326 g/mol. The van der Waals surface area contributed by atoms with Gasteiger partial charge in [0.15, 0.2) is 0 Å². The first-order valence-corrected chi connectivity index (χ1v) is 10.3. The van der Waals surface area contributed by atoms with E-state index in [1.54, 1.807) is 6.26 Å². The van der Waals surface area contributed by atoms with Crippen molar-refractivity contribution in [2.75, 3.05) is 6.26 Å². The second-order valence-electron chi connectivity index (χ2n) is 6.56. The van der Waals surface area contributed by atoms with Crippen LogP contribution in [0.3, 0.4) is 0 Å². The molecule has 130 valence electrons. The highest BCUT2D eigenvalue weighted by Crippen LogP contribution is 2.30. The lowest BCUT2D eigenvalue weighted by Gasteiger charge is -2.17. The molecule has 0 fully saturated rings. The second-order valence-corrected chi connectivity index (χ2v) is 7.94. The van der Waals surface area contributed by atoms with Gasteiger partial charge in [0.05, 0.1) is 5.69 Å². The van der Waals surface area contributed by atoms with Gasteiger partial charge in [-0.15, -0.1) is 0 Å². The molecule has 1 atom stereocenters. The van der Waals surface area contributed by atoms with E-state index < -0.39 is 10.8 Å². The van der Waals surface area contributed by atoms with Gasteiger partial charge in [0.1, 0.15) is 0 Å². The molecule has 1 aromatic heterocycles. The van der Waals surface area contributed by atoms with Gasteiger partial charge in [0.2, 0.25) is 0 Å². The van der Waals surface area contributed by atoms with Crippen LogP contribution < -0.4 is 0 Å². The smallest absolute Gasteiger partial charge is 0.0531 e. The largest absolute Gasteiger partial charge is 0.313 e. The van der Waals surface area contributed by atoms with Gasteiger partial charge >= 0.3 is 0 Å². The van der Waals surface area contributed by atoms with Crippen molar-refractivity contribution in [3.8, 4) is 16.9 Å². The van der Waals surface area contributed by atoms with Crippen molar-refractivity contribution in [2.45, 2.75) is 38.5 Å². The van der Waals surface area contributed by atoms with Gasteiger partial charge in [-0.05, 0) is 61.7 Å². The van der Waals surface area contributed by atoms with E-state index in [4.69, 9.17) is 0 Å². The molecule has 2 nitrogen and oxygen atoms in total. The van der Waals surface area contributed by atoms with E-state index in [1.807, 2.05) is 12.1 Å². The van der Waals surface area contributed by atoms with E-state index in [9.17, 15) is 4.21 Å². The third-order valence-electron chi connectivity index (χ3n) is 4.54. The number of rotatable bonds is 5. The van der Waals surface area contributed by atoms with E-state index in [2.05, 4.69) is 67.8 Å². The quantitative estimate of drug-likeness (QED) is 0.599. The molecule has 0 saturated heterocycles. The zero-order chi connectivity index (χ0) is 18.0. The molecule has 1 heterocycles. The fourth-order valence-electron chi connectivity index (χ4n) is 3.31.